The molecule has 2 nitrogen and oxygen atoms in total. The van der Waals surface area contributed by atoms with E-state index in [0.717, 1.165) is 6.29 Å². The standard InChI is InChI=1S/C13H26O2Si/c1-9-13(5,6)11(10-14)15-16(7,8)12(2,3)4/h9-11H,1H2,2-8H3/t11-/m0/s1. The molecular formula is C13H26O2Si. The molecule has 3 heteroatoms. The lowest BCUT2D eigenvalue weighted by atomic mass is 9.88. The van der Waals surface area contributed by atoms with E-state index in [9.17, 15) is 4.79 Å². The van der Waals surface area contributed by atoms with Gasteiger partial charge in [0.1, 0.15) is 12.4 Å². The van der Waals surface area contributed by atoms with Crippen molar-refractivity contribution in [3.8, 4) is 0 Å². The largest absolute Gasteiger partial charge is 0.406 e. The van der Waals surface area contributed by atoms with Crippen LogP contribution in [0.3, 0.4) is 0 Å². The predicted octanol–water partition coefficient (Wildman–Crippen LogP) is 3.79. The molecule has 0 N–H and O–H groups in total. The van der Waals surface area contributed by atoms with Crippen molar-refractivity contribution < 1.29 is 9.22 Å². The van der Waals surface area contributed by atoms with Gasteiger partial charge in [0, 0.05) is 5.41 Å². The summed E-state index contributed by atoms with van der Waals surface area (Å²) >= 11 is 0. The molecule has 0 amide bonds. The van der Waals surface area contributed by atoms with Crippen LogP contribution in [0.4, 0.5) is 0 Å². The van der Waals surface area contributed by atoms with Crippen LogP contribution in [-0.4, -0.2) is 20.7 Å². The highest BCUT2D eigenvalue weighted by molar-refractivity contribution is 6.74. The van der Waals surface area contributed by atoms with Crippen molar-refractivity contribution in [2.75, 3.05) is 0 Å². The van der Waals surface area contributed by atoms with Gasteiger partial charge in [-0.3, -0.25) is 0 Å². The Labute approximate surface area is 101 Å². The number of carbonyl (C=O) groups is 1. The molecule has 0 heterocycles. The maximum absolute atomic E-state index is 11.2. The van der Waals surface area contributed by atoms with Gasteiger partial charge >= 0.3 is 0 Å². The van der Waals surface area contributed by atoms with Crippen molar-refractivity contribution in [2.24, 2.45) is 5.41 Å². The first-order valence-electron chi connectivity index (χ1n) is 5.74. The minimum atomic E-state index is -1.89. The smallest absolute Gasteiger partial charge is 0.193 e. The number of hydrogen-bond acceptors (Lipinski definition) is 2. The molecule has 0 saturated carbocycles. The van der Waals surface area contributed by atoms with Gasteiger partial charge < -0.3 is 9.22 Å². The molecule has 0 aromatic rings. The van der Waals surface area contributed by atoms with Crippen LogP contribution >= 0.6 is 0 Å². The van der Waals surface area contributed by atoms with Crippen molar-refractivity contribution in [2.45, 2.75) is 58.9 Å². The molecule has 0 saturated heterocycles. The minimum Gasteiger partial charge on any atom is -0.406 e. The van der Waals surface area contributed by atoms with Crippen LogP contribution < -0.4 is 0 Å². The van der Waals surface area contributed by atoms with Crippen LogP contribution in [0.1, 0.15) is 34.6 Å². The van der Waals surface area contributed by atoms with Gasteiger partial charge in [0.25, 0.3) is 0 Å². The molecule has 0 aromatic carbocycles. The molecule has 0 fully saturated rings. The summed E-state index contributed by atoms with van der Waals surface area (Å²) in [6, 6.07) is 0. The first kappa shape index (κ1) is 15.6. The zero-order valence-electron chi connectivity index (χ0n) is 11.8. The fraction of sp³-hybridized carbons (Fsp3) is 0.769. The van der Waals surface area contributed by atoms with E-state index < -0.39 is 14.4 Å². The number of rotatable bonds is 5. The van der Waals surface area contributed by atoms with E-state index in [2.05, 4.69) is 40.4 Å². The Hall–Kier alpha value is -0.413. The second-order valence-corrected chi connectivity index (χ2v) is 11.2. The van der Waals surface area contributed by atoms with Gasteiger partial charge in [0.05, 0.1) is 0 Å². The van der Waals surface area contributed by atoms with Crippen LogP contribution in [-0.2, 0) is 9.22 Å². The molecule has 0 radical (unpaired) electrons. The first-order valence-corrected chi connectivity index (χ1v) is 8.65. The van der Waals surface area contributed by atoms with E-state index in [1.165, 1.54) is 0 Å². The van der Waals surface area contributed by atoms with Gasteiger partial charge in [-0.25, -0.2) is 0 Å². The topological polar surface area (TPSA) is 26.3 Å². The summed E-state index contributed by atoms with van der Waals surface area (Å²) in [5, 5.41) is 0.117. The Morgan fingerprint density at radius 3 is 1.88 bits per heavy atom. The summed E-state index contributed by atoms with van der Waals surface area (Å²) in [5.41, 5.74) is -0.308. The summed E-state index contributed by atoms with van der Waals surface area (Å²) in [4.78, 5) is 11.2. The lowest BCUT2D eigenvalue weighted by Crippen LogP contribution is -2.48. The van der Waals surface area contributed by atoms with Crippen molar-refractivity contribution in [3.05, 3.63) is 12.7 Å². The third-order valence-electron chi connectivity index (χ3n) is 3.61. The summed E-state index contributed by atoms with van der Waals surface area (Å²) < 4.78 is 6.11. The fourth-order valence-corrected chi connectivity index (χ4v) is 2.31. The zero-order chi connectivity index (χ0) is 13.2. The van der Waals surface area contributed by atoms with Gasteiger partial charge in [-0.15, -0.1) is 6.58 Å². The molecule has 0 bridgehead atoms. The lowest BCUT2D eigenvalue weighted by Gasteiger charge is -2.41. The van der Waals surface area contributed by atoms with Crippen LogP contribution in [0, 0.1) is 5.41 Å². The normalized spacial score (nSPS) is 15.7. The van der Waals surface area contributed by atoms with E-state index in [1.54, 1.807) is 6.08 Å². The number of hydrogen-bond donors (Lipinski definition) is 0. The Bertz CT molecular complexity index is 262. The quantitative estimate of drug-likeness (QED) is 0.416. The van der Waals surface area contributed by atoms with E-state index in [4.69, 9.17) is 4.43 Å². The van der Waals surface area contributed by atoms with Gasteiger partial charge in [-0.1, -0.05) is 40.7 Å². The van der Waals surface area contributed by atoms with Gasteiger partial charge in [0.2, 0.25) is 0 Å². The summed E-state index contributed by atoms with van der Waals surface area (Å²) in [6.45, 7) is 18.5. The van der Waals surface area contributed by atoms with Gasteiger partial charge in [0.15, 0.2) is 8.32 Å². The molecule has 0 aliphatic rings. The van der Waals surface area contributed by atoms with Crippen molar-refractivity contribution in [1.82, 2.24) is 0 Å². The van der Waals surface area contributed by atoms with Crippen molar-refractivity contribution in [1.29, 1.82) is 0 Å². The van der Waals surface area contributed by atoms with Crippen LogP contribution in [0.15, 0.2) is 12.7 Å². The van der Waals surface area contributed by atoms with E-state index >= 15 is 0 Å². The zero-order valence-corrected chi connectivity index (χ0v) is 12.8. The highest BCUT2D eigenvalue weighted by Crippen LogP contribution is 2.39. The molecule has 94 valence electrons. The molecule has 16 heavy (non-hydrogen) atoms. The first-order chi connectivity index (χ1) is 6.98. The number of aldehydes is 1. The number of carbonyl (C=O) groups excluding carboxylic acids is 1. The van der Waals surface area contributed by atoms with E-state index in [0.29, 0.717) is 0 Å². The maximum atomic E-state index is 11.2. The van der Waals surface area contributed by atoms with Crippen molar-refractivity contribution >= 4 is 14.6 Å². The molecule has 1 atom stereocenters. The Morgan fingerprint density at radius 2 is 1.62 bits per heavy atom. The Kier molecular flexibility index (Phi) is 4.72. The molecule has 0 aliphatic heterocycles. The minimum absolute atomic E-state index is 0.117. The summed E-state index contributed by atoms with van der Waals surface area (Å²) in [6.07, 6.45) is 2.30. The molecule has 0 rings (SSSR count). The fourth-order valence-electron chi connectivity index (χ4n) is 0.965. The molecule has 0 aliphatic carbocycles. The lowest BCUT2D eigenvalue weighted by molar-refractivity contribution is -0.117. The maximum Gasteiger partial charge on any atom is 0.193 e. The Balaban J connectivity index is 4.95. The van der Waals surface area contributed by atoms with Crippen LogP contribution in [0.2, 0.25) is 18.1 Å². The third-order valence-corrected chi connectivity index (χ3v) is 8.07. The molecule has 0 spiro atoms. The second-order valence-electron chi connectivity index (χ2n) is 6.46. The van der Waals surface area contributed by atoms with E-state index in [-0.39, 0.29) is 10.5 Å². The Morgan fingerprint density at radius 1 is 1.19 bits per heavy atom. The van der Waals surface area contributed by atoms with Gasteiger partial charge in [-0.2, -0.15) is 0 Å². The average Bonchev–Trinajstić information content (AvgIpc) is 2.12. The predicted molar refractivity (Wildman–Crippen MR) is 72.1 cm³/mol. The SMILES string of the molecule is C=CC(C)(C)[C@H](C=O)O[Si](C)(C)C(C)(C)C. The highest BCUT2D eigenvalue weighted by Gasteiger charge is 2.41. The molecular weight excluding hydrogens is 216 g/mol. The second kappa shape index (κ2) is 4.84. The summed E-state index contributed by atoms with van der Waals surface area (Å²) in [5.74, 6) is 0. The van der Waals surface area contributed by atoms with E-state index in [1.807, 2.05) is 13.8 Å². The molecule has 0 unspecified atom stereocenters. The van der Waals surface area contributed by atoms with Crippen LogP contribution in [0.5, 0.6) is 0 Å². The summed E-state index contributed by atoms with van der Waals surface area (Å²) in [7, 11) is -1.89. The molecule has 0 aromatic heterocycles. The van der Waals surface area contributed by atoms with Crippen LogP contribution in [0.25, 0.3) is 0 Å². The van der Waals surface area contributed by atoms with Crippen molar-refractivity contribution in [3.63, 3.8) is 0 Å². The van der Waals surface area contributed by atoms with Gasteiger partial charge in [-0.05, 0) is 18.1 Å². The third kappa shape index (κ3) is 3.56. The monoisotopic (exact) mass is 242 g/mol. The average molecular weight is 242 g/mol. The highest BCUT2D eigenvalue weighted by atomic mass is 28.4.